The second kappa shape index (κ2) is 10.3. The van der Waals surface area contributed by atoms with Gasteiger partial charge in [0.15, 0.2) is 11.7 Å². The Hall–Kier alpha value is -3.36. The lowest BCUT2D eigenvalue weighted by atomic mass is 9.92. The summed E-state index contributed by atoms with van der Waals surface area (Å²) in [5.74, 6) is -4.02. The Morgan fingerprint density at radius 3 is 1.62 bits per heavy atom. The Kier molecular flexibility index (Phi) is 7.50. The van der Waals surface area contributed by atoms with Crippen LogP contribution in [0.25, 0.3) is 11.7 Å². The second-order valence-electron chi connectivity index (χ2n) is 7.55. The van der Waals surface area contributed by atoms with Crippen LogP contribution in [0.15, 0.2) is 60.7 Å². The molecule has 2 aromatic rings. The fraction of sp³-hybridized carbons (Fsp3) is 0.250. The Morgan fingerprint density at radius 1 is 0.812 bits per heavy atom. The Bertz CT molecular complexity index is 988. The van der Waals surface area contributed by atoms with Crippen LogP contribution in [0.1, 0.15) is 28.3 Å². The van der Waals surface area contributed by atoms with Gasteiger partial charge >= 0.3 is 11.9 Å². The number of carbonyl (C=O) groups is 2. The van der Waals surface area contributed by atoms with Crippen LogP contribution in [-0.4, -0.2) is 65.2 Å². The van der Waals surface area contributed by atoms with Crippen molar-refractivity contribution in [2.75, 3.05) is 33.2 Å². The summed E-state index contributed by atoms with van der Waals surface area (Å²) in [4.78, 5) is 23.7. The summed E-state index contributed by atoms with van der Waals surface area (Å²) in [5.41, 5.74) is 2.43. The first-order valence-corrected chi connectivity index (χ1v) is 10.1. The maximum Gasteiger partial charge on any atom is 0.328 e. The molecule has 0 radical (unpaired) electrons. The molecule has 1 aliphatic carbocycles. The number of nitrogens with zero attached hydrogens (tertiary/aromatic N) is 2. The van der Waals surface area contributed by atoms with E-state index in [1.54, 1.807) is 24.3 Å². The van der Waals surface area contributed by atoms with Crippen LogP contribution in [0, 0.1) is 0 Å². The molecule has 1 aliphatic heterocycles. The fourth-order valence-electron chi connectivity index (χ4n) is 3.89. The minimum Gasteiger partial charge on any atom is -0.478 e. The van der Waals surface area contributed by atoms with Gasteiger partial charge in [-0.1, -0.05) is 48.5 Å². The summed E-state index contributed by atoms with van der Waals surface area (Å²) < 4.78 is 29.6. The molecule has 0 aromatic heterocycles. The van der Waals surface area contributed by atoms with Gasteiger partial charge in [0.2, 0.25) is 0 Å². The molecular formula is C24H24F2N2O4. The summed E-state index contributed by atoms with van der Waals surface area (Å²) in [5, 5.41) is 15.6. The average molecular weight is 442 g/mol. The third-order valence-corrected chi connectivity index (χ3v) is 5.45. The standard InChI is InChI=1S/C20H20F2N2.C4H4O4/c1-23-10-12-24(13-11-23)20-16-8-4-2-6-14(16)18(21)19(22)15-7-3-5-9-17(15)20;5-3(6)1-2-4(7)8/h2-9,20H,10-13H2,1H3;1-2H,(H,5,6)(H,7,8)/b;2-1-. The monoisotopic (exact) mass is 442 g/mol. The first kappa shape index (κ1) is 23.3. The zero-order valence-electron chi connectivity index (χ0n) is 17.5. The first-order valence-electron chi connectivity index (χ1n) is 10.1. The molecule has 0 saturated carbocycles. The van der Waals surface area contributed by atoms with E-state index in [-0.39, 0.29) is 6.04 Å². The number of likely N-dealkylation sites (N-methyl/N-ethyl adjacent to an activating group) is 1. The van der Waals surface area contributed by atoms with Gasteiger partial charge in [-0.05, 0) is 18.2 Å². The molecule has 1 fully saturated rings. The van der Waals surface area contributed by atoms with E-state index in [0.717, 1.165) is 37.3 Å². The van der Waals surface area contributed by atoms with Crippen molar-refractivity contribution >= 4 is 23.6 Å². The van der Waals surface area contributed by atoms with Crippen molar-refractivity contribution in [1.29, 1.82) is 0 Å². The number of halogens is 2. The maximum atomic E-state index is 14.8. The van der Waals surface area contributed by atoms with Gasteiger partial charge in [0, 0.05) is 49.5 Å². The summed E-state index contributed by atoms with van der Waals surface area (Å²) in [6.07, 6.45) is 1.12. The predicted molar refractivity (Wildman–Crippen MR) is 117 cm³/mol. The van der Waals surface area contributed by atoms with Gasteiger partial charge in [-0.3, -0.25) is 4.90 Å². The molecule has 0 bridgehead atoms. The molecule has 0 spiro atoms. The summed E-state index contributed by atoms with van der Waals surface area (Å²) in [7, 11) is 2.10. The van der Waals surface area contributed by atoms with Crippen LogP contribution in [-0.2, 0) is 9.59 Å². The van der Waals surface area contributed by atoms with Crippen molar-refractivity contribution in [2.45, 2.75) is 6.04 Å². The number of aliphatic carboxylic acids is 2. The van der Waals surface area contributed by atoms with Crippen LogP contribution < -0.4 is 0 Å². The van der Waals surface area contributed by atoms with E-state index in [4.69, 9.17) is 10.2 Å². The van der Waals surface area contributed by atoms with Crippen LogP contribution in [0.4, 0.5) is 8.78 Å². The third-order valence-electron chi connectivity index (χ3n) is 5.45. The number of fused-ring (bicyclic) bond motifs is 2. The number of rotatable bonds is 3. The van der Waals surface area contributed by atoms with E-state index < -0.39 is 23.6 Å². The molecule has 168 valence electrons. The molecule has 2 N–H and O–H groups in total. The zero-order chi connectivity index (χ0) is 23.3. The van der Waals surface area contributed by atoms with Crippen LogP contribution in [0.3, 0.4) is 0 Å². The van der Waals surface area contributed by atoms with Crippen molar-refractivity contribution in [3.63, 3.8) is 0 Å². The highest BCUT2D eigenvalue weighted by atomic mass is 19.2. The number of hydrogen-bond acceptors (Lipinski definition) is 4. The second-order valence-corrected chi connectivity index (χ2v) is 7.55. The Balaban J connectivity index is 0.000000312. The Morgan fingerprint density at radius 2 is 1.22 bits per heavy atom. The fourth-order valence-corrected chi connectivity index (χ4v) is 3.89. The molecule has 0 atom stereocenters. The molecule has 1 heterocycles. The van der Waals surface area contributed by atoms with Crippen molar-refractivity contribution in [2.24, 2.45) is 0 Å². The van der Waals surface area contributed by atoms with E-state index in [2.05, 4.69) is 16.8 Å². The van der Waals surface area contributed by atoms with E-state index in [9.17, 15) is 18.4 Å². The van der Waals surface area contributed by atoms with E-state index >= 15 is 0 Å². The molecule has 0 amide bonds. The quantitative estimate of drug-likeness (QED) is 0.704. The van der Waals surface area contributed by atoms with Crippen molar-refractivity contribution in [3.05, 3.63) is 82.9 Å². The molecule has 4 rings (SSSR count). The van der Waals surface area contributed by atoms with Crippen molar-refractivity contribution in [3.8, 4) is 0 Å². The number of carboxylic acid groups (broad SMARTS) is 2. The van der Waals surface area contributed by atoms with E-state index in [1.807, 2.05) is 24.3 Å². The average Bonchev–Trinajstić information content (AvgIpc) is 2.87. The largest absolute Gasteiger partial charge is 0.478 e. The van der Waals surface area contributed by atoms with Crippen LogP contribution in [0.5, 0.6) is 0 Å². The van der Waals surface area contributed by atoms with Crippen LogP contribution >= 0.6 is 0 Å². The van der Waals surface area contributed by atoms with Gasteiger partial charge in [-0.25, -0.2) is 18.4 Å². The number of piperazine rings is 1. The van der Waals surface area contributed by atoms with Gasteiger partial charge < -0.3 is 15.1 Å². The van der Waals surface area contributed by atoms with Gasteiger partial charge in [0.25, 0.3) is 0 Å². The molecule has 6 nitrogen and oxygen atoms in total. The minimum absolute atomic E-state index is 0.120. The zero-order valence-corrected chi connectivity index (χ0v) is 17.5. The Labute approximate surface area is 184 Å². The minimum atomic E-state index is -1.26. The topological polar surface area (TPSA) is 81.1 Å². The maximum absolute atomic E-state index is 14.8. The predicted octanol–water partition coefficient (Wildman–Crippen LogP) is 3.81. The van der Waals surface area contributed by atoms with Gasteiger partial charge in [-0.2, -0.15) is 0 Å². The molecule has 1 saturated heterocycles. The number of hydrogen-bond donors (Lipinski definition) is 2. The molecular weight excluding hydrogens is 418 g/mol. The molecule has 8 heteroatoms. The molecule has 2 aromatic carbocycles. The lowest BCUT2D eigenvalue weighted by molar-refractivity contribution is -0.134. The lowest BCUT2D eigenvalue weighted by Crippen LogP contribution is -2.46. The van der Waals surface area contributed by atoms with Crippen molar-refractivity contribution < 1.29 is 28.6 Å². The highest BCUT2D eigenvalue weighted by Crippen LogP contribution is 2.44. The summed E-state index contributed by atoms with van der Waals surface area (Å²) in [6, 6.07) is 14.4. The summed E-state index contributed by atoms with van der Waals surface area (Å²) >= 11 is 0. The SMILES string of the molecule is CN1CCN(C2c3ccccc3C(F)=C(F)c3ccccc32)CC1.O=C(O)/C=C\C(=O)O. The van der Waals surface area contributed by atoms with Gasteiger partial charge in [-0.15, -0.1) is 0 Å². The van der Waals surface area contributed by atoms with E-state index in [1.165, 1.54) is 0 Å². The molecule has 2 aliphatic rings. The highest BCUT2D eigenvalue weighted by molar-refractivity contribution is 5.89. The highest BCUT2D eigenvalue weighted by Gasteiger charge is 2.33. The molecule has 32 heavy (non-hydrogen) atoms. The smallest absolute Gasteiger partial charge is 0.328 e. The van der Waals surface area contributed by atoms with Crippen molar-refractivity contribution in [1.82, 2.24) is 9.80 Å². The normalized spacial score (nSPS) is 17.2. The van der Waals surface area contributed by atoms with Gasteiger partial charge in [0.05, 0.1) is 6.04 Å². The third kappa shape index (κ3) is 5.27. The number of carboxylic acids is 2. The summed E-state index contributed by atoms with van der Waals surface area (Å²) in [6.45, 7) is 3.68. The first-order chi connectivity index (χ1) is 15.3. The molecule has 0 unspecified atom stereocenters. The number of benzene rings is 2. The van der Waals surface area contributed by atoms with Gasteiger partial charge in [0.1, 0.15) is 0 Å². The lowest BCUT2D eigenvalue weighted by Gasteiger charge is -2.39. The van der Waals surface area contributed by atoms with Crippen LogP contribution in [0.2, 0.25) is 0 Å². The van der Waals surface area contributed by atoms with E-state index in [0.29, 0.717) is 23.3 Å².